The molecule has 0 amide bonds. The number of fused-ring (bicyclic) bond motifs is 4. The summed E-state index contributed by atoms with van der Waals surface area (Å²) in [6.45, 7) is 3.84. The van der Waals surface area contributed by atoms with Gasteiger partial charge in [-0.1, -0.05) is 18.2 Å². The number of benzene rings is 2. The van der Waals surface area contributed by atoms with E-state index in [4.69, 9.17) is 14.2 Å². The fraction of sp³-hybridized carbons (Fsp3) is 0.192. The van der Waals surface area contributed by atoms with E-state index in [2.05, 4.69) is 15.0 Å². The van der Waals surface area contributed by atoms with Crippen molar-refractivity contribution in [3.63, 3.8) is 0 Å². The summed E-state index contributed by atoms with van der Waals surface area (Å²) in [6.07, 6.45) is 3.14. The predicted molar refractivity (Wildman–Crippen MR) is 127 cm³/mol. The van der Waals surface area contributed by atoms with E-state index in [1.807, 2.05) is 62.4 Å². The van der Waals surface area contributed by atoms with Crippen molar-refractivity contribution in [1.29, 1.82) is 0 Å². The van der Waals surface area contributed by atoms with Crippen LogP contribution in [0.3, 0.4) is 0 Å². The van der Waals surface area contributed by atoms with Gasteiger partial charge in [-0.2, -0.15) is 0 Å². The maximum atomic E-state index is 12.7. The highest BCUT2D eigenvalue weighted by molar-refractivity contribution is 6.11. The van der Waals surface area contributed by atoms with E-state index in [9.17, 15) is 4.79 Å². The molecule has 0 spiro atoms. The number of rotatable bonds is 6. The predicted octanol–water partition coefficient (Wildman–Crippen LogP) is 5.77. The van der Waals surface area contributed by atoms with Crippen molar-refractivity contribution in [2.24, 2.45) is 0 Å². The zero-order valence-electron chi connectivity index (χ0n) is 18.6. The number of hydrogen-bond donors (Lipinski definition) is 1. The second kappa shape index (κ2) is 8.52. The Kier molecular flexibility index (Phi) is 5.40. The number of aromatic amines is 1. The number of methoxy groups -OCH3 is 1. The minimum absolute atomic E-state index is 0.218. The van der Waals surface area contributed by atoms with Crippen molar-refractivity contribution < 1.29 is 19.0 Å². The van der Waals surface area contributed by atoms with Crippen LogP contribution in [-0.4, -0.2) is 34.1 Å². The summed E-state index contributed by atoms with van der Waals surface area (Å²) in [6, 6.07) is 15.7. The fourth-order valence-electron chi connectivity index (χ4n) is 4.02. The number of esters is 1. The smallest absolute Gasteiger partial charge is 0.357 e. The van der Waals surface area contributed by atoms with E-state index in [-0.39, 0.29) is 18.4 Å². The van der Waals surface area contributed by atoms with Crippen LogP contribution in [0.25, 0.3) is 32.6 Å². The number of carbonyl (C=O) groups excluding carboxylic acids is 1. The van der Waals surface area contributed by atoms with Crippen LogP contribution in [0.2, 0.25) is 0 Å². The average Bonchev–Trinajstić information content (AvgIpc) is 3.17. The third kappa shape index (κ3) is 3.87. The number of pyridine rings is 2. The topological polar surface area (TPSA) is 86.3 Å². The first kappa shape index (κ1) is 20.9. The van der Waals surface area contributed by atoms with Gasteiger partial charge < -0.3 is 19.2 Å². The molecule has 0 aliphatic rings. The van der Waals surface area contributed by atoms with E-state index in [0.29, 0.717) is 17.2 Å². The summed E-state index contributed by atoms with van der Waals surface area (Å²) in [5, 5.41) is 3.74. The van der Waals surface area contributed by atoms with Gasteiger partial charge in [0.25, 0.3) is 0 Å². The second-order valence-electron chi connectivity index (χ2n) is 8.03. The molecule has 7 nitrogen and oxygen atoms in total. The van der Waals surface area contributed by atoms with Crippen LogP contribution in [0.15, 0.2) is 60.9 Å². The summed E-state index contributed by atoms with van der Waals surface area (Å²) in [4.78, 5) is 24.9. The van der Waals surface area contributed by atoms with Gasteiger partial charge in [0.1, 0.15) is 5.75 Å². The minimum Gasteiger partial charge on any atom is -0.458 e. The van der Waals surface area contributed by atoms with E-state index < -0.39 is 5.97 Å². The lowest BCUT2D eigenvalue weighted by Crippen LogP contribution is -2.15. The van der Waals surface area contributed by atoms with Gasteiger partial charge in [-0.3, -0.25) is 0 Å². The molecule has 0 aliphatic carbocycles. The molecule has 5 aromatic rings. The average molecular weight is 441 g/mol. The van der Waals surface area contributed by atoms with E-state index >= 15 is 0 Å². The lowest BCUT2D eigenvalue weighted by molar-refractivity contribution is 0.0366. The molecule has 166 valence electrons. The molecule has 33 heavy (non-hydrogen) atoms. The Bertz CT molecular complexity index is 1480. The van der Waals surface area contributed by atoms with Gasteiger partial charge in [0.2, 0.25) is 5.88 Å². The molecule has 0 atom stereocenters. The van der Waals surface area contributed by atoms with Crippen molar-refractivity contribution in [1.82, 2.24) is 15.0 Å². The van der Waals surface area contributed by atoms with E-state index in [1.165, 1.54) is 0 Å². The highest BCUT2D eigenvalue weighted by Crippen LogP contribution is 2.35. The Hall–Kier alpha value is -3.97. The van der Waals surface area contributed by atoms with Crippen LogP contribution in [-0.2, 0) is 16.1 Å². The molecule has 5 rings (SSSR count). The van der Waals surface area contributed by atoms with Crippen LogP contribution in [0.1, 0.15) is 29.9 Å². The fourth-order valence-corrected chi connectivity index (χ4v) is 4.02. The highest BCUT2D eigenvalue weighted by atomic mass is 16.5. The molecule has 0 aliphatic heterocycles. The van der Waals surface area contributed by atoms with Crippen molar-refractivity contribution in [3.05, 3.63) is 72.2 Å². The molecule has 0 unspecified atom stereocenters. The Morgan fingerprint density at radius 1 is 1.03 bits per heavy atom. The van der Waals surface area contributed by atoms with Gasteiger partial charge in [-0.15, -0.1) is 0 Å². The van der Waals surface area contributed by atoms with Crippen LogP contribution in [0, 0.1) is 0 Å². The van der Waals surface area contributed by atoms with Gasteiger partial charge >= 0.3 is 5.97 Å². The third-order valence-corrected chi connectivity index (χ3v) is 5.39. The largest absolute Gasteiger partial charge is 0.458 e. The zero-order chi connectivity index (χ0) is 22.9. The van der Waals surface area contributed by atoms with Crippen molar-refractivity contribution in [2.75, 3.05) is 7.11 Å². The van der Waals surface area contributed by atoms with Gasteiger partial charge in [-0.05, 0) is 49.6 Å². The van der Waals surface area contributed by atoms with Crippen LogP contribution in [0.5, 0.6) is 11.6 Å². The second-order valence-corrected chi connectivity index (χ2v) is 8.03. The molecule has 7 heteroatoms. The molecule has 0 saturated carbocycles. The molecule has 1 N–H and O–H groups in total. The van der Waals surface area contributed by atoms with Gasteiger partial charge in [0.05, 0.1) is 24.4 Å². The zero-order valence-corrected chi connectivity index (χ0v) is 18.6. The first-order chi connectivity index (χ1) is 16.0. The van der Waals surface area contributed by atoms with Crippen molar-refractivity contribution in [3.8, 4) is 11.6 Å². The van der Waals surface area contributed by atoms with Gasteiger partial charge in [-0.25, -0.2) is 14.8 Å². The van der Waals surface area contributed by atoms with Crippen LogP contribution in [0.4, 0.5) is 0 Å². The molecule has 3 heterocycles. The normalized spacial score (nSPS) is 11.5. The number of H-pyrrole nitrogens is 1. The van der Waals surface area contributed by atoms with Crippen molar-refractivity contribution >= 4 is 38.5 Å². The SMILES string of the molecule is COCc1c(C(=O)OC(C)C)ncc2[nH]c3ccc(Oc4nccc5ccccc45)cc3c12. The Balaban J connectivity index is 1.64. The molecule has 2 aromatic carbocycles. The first-order valence-corrected chi connectivity index (χ1v) is 10.7. The first-order valence-electron chi connectivity index (χ1n) is 10.7. The number of nitrogens with one attached hydrogen (secondary N) is 1. The van der Waals surface area contributed by atoms with Crippen LogP contribution >= 0.6 is 0 Å². The number of hydrogen-bond acceptors (Lipinski definition) is 6. The number of carbonyl (C=O) groups is 1. The molecule has 0 radical (unpaired) electrons. The lowest BCUT2D eigenvalue weighted by atomic mass is 10.1. The molecule has 0 bridgehead atoms. The van der Waals surface area contributed by atoms with Gasteiger partial charge in [0, 0.05) is 40.5 Å². The summed E-state index contributed by atoms with van der Waals surface area (Å²) < 4.78 is 17.0. The standard InChI is InChI=1S/C26H23N3O4/c1-15(2)32-26(30)24-20(14-31-3)23-19-12-17(8-9-21(19)29-22(23)13-28-24)33-25-18-7-5-4-6-16(18)10-11-27-25/h4-13,15,29H,14H2,1-3H3. The molecule has 0 fully saturated rings. The summed E-state index contributed by atoms with van der Waals surface area (Å²) in [7, 11) is 1.59. The summed E-state index contributed by atoms with van der Waals surface area (Å²) in [5.74, 6) is 0.701. The lowest BCUT2D eigenvalue weighted by Gasteiger charge is -2.12. The van der Waals surface area contributed by atoms with E-state index in [1.54, 1.807) is 19.5 Å². The number of ether oxygens (including phenoxy) is 3. The molecule has 0 saturated heterocycles. The minimum atomic E-state index is -0.472. The van der Waals surface area contributed by atoms with Gasteiger partial charge in [0.15, 0.2) is 5.69 Å². The molecular weight excluding hydrogens is 418 g/mol. The monoisotopic (exact) mass is 441 g/mol. The Morgan fingerprint density at radius 3 is 2.70 bits per heavy atom. The maximum absolute atomic E-state index is 12.7. The molecular formula is C26H23N3O4. The molecule has 3 aromatic heterocycles. The Labute approximate surface area is 190 Å². The van der Waals surface area contributed by atoms with Crippen molar-refractivity contribution in [2.45, 2.75) is 26.6 Å². The quantitative estimate of drug-likeness (QED) is 0.337. The van der Waals surface area contributed by atoms with Crippen LogP contribution < -0.4 is 4.74 Å². The number of nitrogens with zero attached hydrogens (tertiary/aromatic N) is 2. The maximum Gasteiger partial charge on any atom is 0.357 e. The number of aromatic nitrogens is 3. The highest BCUT2D eigenvalue weighted by Gasteiger charge is 2.21. The third-order valence-electron chi connectivity index (χ3n) is 5.39. The van der Waals surface area contributed by atoms with E-state index in [0.717, 1.165) is 32.6 Å². The summed E-state index contributed by atoms with van der Waals surface area (Å²) >= 11 is 0. The summed E-state index contributed by atoms with van der Waals surface area (Å²) in [5.41, 5.74) is 2.63. The Morgan fingerprint density at radius 2 is 1.88 bits per heavy atom.